The van der Waals surface area contributed by atoms with Gasteiger partial charge in [0, 0.05) is 12.3 Å². The van der Waals surface area contributed by atoms with Crippen LogP contribution in [0.5, 0.6) is 5.88 Å². The average molecular weight is 223 g/mol. The van der Waals surface area contributed by atoms with Crippen LogP contribution in [0.3, 0.4) is 0 Å². The van der Waals surface area contributed by atoms with Gasteiger partial charge in [-0.15, -0.1) is 10.2 Å². The van der Waals surface area contributed by atoms with E-state index >= 15 is 0 Å². The van der Waals surface area contributed by atoms with Crippen molar-refractivity contribution in [2.24, 2.45) is 5.92 Å². The lowest BCUT2D eigenvalue weighted by Crippen LogP contribution is -2.07. The number of nitrogens with zero attached hydrogens (tertiary/aromatic N) is 3. The van der Waals surface area contributed by atoms with E-state index in [1.165, 1.54) is 0 Å². The Bertz CT molecular complexity index is 337. The maximum absolute atomic E-state index is 5.24. The van der Waals surface area contributed by atoms with E-state index in [9.17, 15) is 0 Å². The quantitative estimate of drug-likeness (QED) is 0.769. The smallest absolute Gasteiger partial charge is 0.239 e. The minimum absolute atomic E-state index is 0.286. The van der Waals surface area contributed by atoms with Gasteiger partial charge in [0.25, 0.3) is 0 Å². The van der Waals surface area contributed by atoms with E-state index in [-0.39, 0.29) is 5.92 Å². The van der Waals surface area contributed by atoms with Crippen LogP contribution in [0.2, 0.25) is 0 Å². The second-order valence-electron chi connectivity index (χ2n) is 4.71. The van der Waals surface area contributed by atoms with Gasteiger partial charge in [0.05, 0.1) is 7.11 Å². The van der Waals surface area contributed by atoms with Gasteiger partial charge in [-0.2, -0.15) is 4.98 Å². The predicted octanol–water partition coefficient (Wildman–Crippen LogP) is 2.59. The normalized spacial score (nSPS) is 11.2. The molecule has 90 valence electrons. The van der Waals surface area contributed by atoms with Gasteiger partial charge in [-0.25, -0.2) is 0 Å². The summed E-state index contributed by atoms with van der Waals surface area (Å²) in [6.07, 6.45) is 1.94. The largest absolute Gasteiger partial charge is 0.480 e. The van der Waals surface area contributed by atoms with Gasteiger partial charge in [-0.3, -0.25) is 0 Å². The van der Waals surface area contributed by atoms with E-state index in [1.54, 1.807) is 7.11 Å². The zero-order valence-corrected chi connectivity index (χ0v) is 10.8. The fraction of sp³-hybridized carbons (Fsp3) is 0.750. The lowest BCUT2D eigenvalue weighted by molar-refractivity contribution is 0.379. The van der Waals surface area contributed by atoms with Crippen molar-refractivity contribution in [3.05, 3.63) is 11.5 Å². The molecule has 1 heterocycles. The number of methoxy groups -OCH3 is 1. The summed E-state index contributed by atoms with van der Waals surface area (Å²) in [6, 6.07) is 0. The van der Waals surface area contributed by atoms with Crippen LogP contribution in [0.1, 0.15) is 51.6 Å². The van der Waals surface area contributed by atoms with E-state index < -0.39 is 0 Å². The minimum atomic E-state index is 0.286. The fourth-order valence-electron chi connectivity index (χ4n) is 1.39. The number of aromatic nitrogens is 3. The summed E-state index contributed by atoms with van der Waals surface area (Å²) in [7, 11) is 1.63. The first-order valence-electron chi connectivity index (χ1n) is 5.82. The van der Waals surface area contributed by atoms with Crippen molar-refractivity contribution in [1.29, 1.82) is 0 Å². The van der Waals surface area contributed by atoms with Crippen LogP contribution < -0.4 is 4.74 Å². The van der Waals surface area contributed by atoms with Gasteiger partial charge in [0.15, 0.2) is 5.82 Å². The van der Waals surface area contributed by atoms with Gasteiger partial charge in [0.2, 0.25) is 5.88 Å². The molecule has 4 nitrogen and oxygen atoms in total. The third-order valence-electron chi connectivity index (χ3n) is 2.41. The number of hydrogen-bond acceptors (Lipinski definition) is 4. The molecule has 0 saturated heterocycles. The molecule has 1 rings (SSSR count). The lowest BCUT2D eigenvalue weighted by Gasteiger charge is -2.10. The molecule has 4 heteroatoms. The Labute approximate surface area is 97.5 Å². The van der Waals surface area contributed by atoms with Crippen LogP contribution in [0.4, 0.5) is 0 Å². The second-order valence-corrected chi connectivity index (χ2v) is 4.71. The molecule has 0 amide bonds. The molecule has 0 radical (unpaired) electrons. The summed E-state index contributed by atoms with van der Waals surface area (Å²) >= 11 is 0. The number of hydrogen-bond donors (Lipinski definition) is 0. The molecule has 0 N–H and O–H groups in total. The van der Waals surface area contributed by atoms with Gasteiger partial charge in [0.1, 0.15) is 5.69 Å². The van der Waals surface area contributed by atoms with Gasteiger partial charge in [-0.1, -0.05) is 27.7 Å². The third-order valence-corrected chi connectivity index (χ3v) is 2.41. The Morgan fingerprint density at radius 2 is 1.81 bits per heavy atom. The summed E-state index contributed by atoms with van der Waals surface area (Å²) in [5.74, 6) is 2.33. The molecule has 0 aromatic carbocycles. The average Bonchev–Trinajstić information content (AvgIpc) is 2.25. The van der Waals surface area contributed by atoms with Gasteiger partial charge < -0.3 is 4.74 Å². The molecule has 0 unspecified atom stereocenters. The standard InChI is InChI=1S/C12H21N3O/c1-8(2)6-7-10-13-12(16-5)11(9(3)4)15-14-10/h8-9H,6-7H2,1-5H3. The molecule has 0 aliphatic heterocycles. The van der Waals surface area contributed by atoms with Crippen LogP contribution in [0.25, 0.3) is 0 Å². The van der Waals surface area contributed by atoms with Crippen LogP contribution in [-0.4, -0.2) is 22.3 Å². The van der Waals surface area contributed by atoms with E-state index in [0.717, 1.165) is 24.4 Å². The highest BCUT2D eigenvalue weighted by molar-refractivity contribution is 5.20. The molecule has 0 atom stereocenters. The van der Waals surface area contributed by atoms with Crippen LogP contribution in [0, 0.1) is 5.92 Å². The second kappa shape index (κ2) is 5.77. The summed E-state index contributed by atoms with van der Waals surface area (Å²) < 4.78 is 5.24. The molecule has 1 aromatic heterocycles. The first-order valence-corrected chi connectivity index (χ1v) is 5.82. The highest BCUT2D eigenvalue weighted by atomic mass is 16.5. The van der Waals surface area contributed by atoms with Crippen LogP contribution in [-0.2, 0) is 6.42 Å². The maximum Gasteiger partial charge on any atom is 0.239 e. The van der Waals surface area contributed by atoms with E-state index in [4.69, 9.17) is 4.74 Å². The highest BCUT2D eigenvalue weighted by Gasteiger charge is 2.13. The van der Waals surface area contributed by atoms with Crippen molar-refractivity contribution in [3.63, 3.8) is 0 Å². The van der Waals surface area contributed by atoms with Gasteiger partial charge in [-0.05, 0) is 12.3 Å². The number of aryl methyl sites for hydroxylation is 1. The molecule has 0 aliphatic rings. The molecular formula is C12H21N3O. The summed E-state index contributed by atoms with van der Waals surface area (Å²) in [5, 5.41) is 8.33. The zero-order chi connectivity index (χ0) is 12.1. The van der Waals surface area contributed by atoms with Crippen molar-refractivity contribution >= 4 is 0 Å². The van der Waals surface area contributed by atoms with E-state index in [2.05, 4.69) is 42.9 Å². The molecule has 1 aromatic rings. The Hall–Kier alpha value is -1.19. The SMILES string of the molecule is COc1nc(CCC(C)C)nnc1C(C)C. The monoisotopic (exact) mass is 223 g/mol. The van der Waals surface area contributed by atoms with Crippen molar-refractivity contribution in [1.82, 2.24) is 15.2 Å². The number of rotatable bonds is 5. The Morgan fingerprint density at radius 1 is 1.12 bits per heavy atom. The van der Waals surface area contributed by atoms with Crippen molar-refractivity contribution in [3.8, 4) is 5.88 Å². The Morgan fingerprint density at radius 3 is 2.31 bits per heavy atom. The topological polar surface area (TPSA) is 47.9 Å². The lowest BCUT2D eigenvalue weighted by atomic mass is 10.1. The molecular weight excluding hydrogens is 202 g/mol. The van der Waals surface area contributed by atoms with Gasteiger partial charge >= 0.3 is 0 Å². The van der Waals surface area contributed by atoms with E-state index in [1.807, 2.05) is 0 Å². The van der Waals surface area contributed by atoms with Crippen LogP contribution in [0.15, 0.2) is 0 Å². The molecule has 0 aliphatic carbocycles. The molecule has 16 heavy (non-hydrogen) atoms. The molecule has 0 spiro atoms. The first kappa shape index (κ1) is 12.9. The fourth-order valence-corrected chi connectivity index (χ4v) is 1.39. The van der Waals surface area contributed by atoms with Crippen molar-refractivity contribution < 1.29 is 4.74 Å². The van der Waals surface area contributed by atoms with E-state index in [0.29, 0.717) is 11.8 Å². The highest BCUT2D eigenvalue weighted by Crippen LogP contribution is 2.21. The first-order chi connectivity index (χ1) is 7.54. The third kappa shape index (κ3) is 3.43. The van der Waals surface area contributed by atoms with Crippen molar-refractivity contribution in [2.75, 3.05) is 7.11 Å². The molecule has 0 saturated carbocycles. The molecule has 0 fully saturated rings. The summed E-state index contributed by atoms with van der Waals surface area (Å²) in [4.78, 5) is 4.39. The zero-order valence-electron chi connectivity index (χ0n) is 10.8. The summed E-state index contributed by atoms with van der Waals surface area (Å²) in [6.45, 7) is 8.49. The predicted molar refractivity (Wildman–Crippen MR) is 63.6 cm³/mol. The minimum Gasteiger partial charge on any atom is -0.480 e. The maximum atomic E-state index is 5.24. The Balaban J connectivity index is 2.82. The van der Waals surface area contributed by atoms with Crippen molar-refractivity contribution in [2.45, 2.75) is 46.5 Å². The number of ether oxygens (including phenoxy) is 1. The van der Waals surface area contributed by atoms with Crippen LogP contribution >= 0.6 is 0 Å². The Kier molecular flexibility index (Phi) is 4.65. The summed E-state index contributed by atoms with van der Waals surface area (Å²) in [5.41, 5.74) is 0.829. The molecule has 0 bridgehead atoms.